The molecule has 0 bridgehead atoms. The first-order valence-corrected chi connectivity index (χ1v) is 8.85. The van der Waals surface area contributed by atoms with Gasteiger partial charge in [0.1, 0.15) is 6.04 Å². The van der Waals surface area contributed by atoms with Crippen LogP contribution >= 0.6 is 15.9 Å². The van der Waals surface area contributed by atoms with Gasteiger partial charge in [-0.15, -0.1) is 0 Å². The molecule has 0 aliphatic rings. The maximum atomic E-state index is 12.4. The van der Waals surface area contributed by atoms with Crippen LogP contribution in [0.3, 0.4) is 0 Å². The van der Waals surface area contributed by atoms with Crippen LogP contribution in [0.15, 0.2) is 53.0 Å². The molecule has 0 aromatic heterocycles. The Bertz CT molecular complexity index is 763. The average Bonchev–Trinajstić information content (AvgIpc) is 2.53. The van der Waals surface area contributed by atoms with Crippen LogP contribution < -0.4 is 5.32 Å². The fourth-order valence-electron chi connectivity index (χ4n) is 2.46. The molecule has 132 valence electrons. The Kier molecular flexibility index (Phi) is 6.01. The number of hydrogen-bond acceptors (Lipinski definition) is 2. The summed E-state index contributed by atoms with van der Waals surface area (Å²) in [6.07, 6.45) is 0.223. The molecule has 25 heavy (non-hydrogen) atoms. The minimum absolute atomic E-state index is 0.000693. The molecule has 2 aromatic rings. The normalized spacial score (nSPS) is 12.5. The van der Waals surface area contributed by atoms with E-state index < -0.39 is 12.0 Å². The Labute approximate surface area is 156 Å². The van der Waals surface area contributed by atoms with Crippen LogP contribution in [0, 0.1) is 0 Å². The summed E-state index contributed by atoms with van der Waals surface area (Å²) in [6.45, 7) is 6.29. The third kappa shape index (κ3) is 5.43. The molecule has 0 aliphatic heterocycles. The van der Waals surface area contributed by atoms with Crippen molar-refractivity contribution in [2.45, 2.75) is 38.6 Å². The van der Waals surface area contributed by atoms with Gasteiger partial charge in [-0.25, -0.2) is 4.79 Å². The quantitative estimate of drug-likeness (QED) is 0.786. The number of carboxylic acid groups (broad SMARTS) is 1. The number of carbonyl (C=O) groups is 2. The molecule has 0 saturated carbocycles. The van der Waals surface area contributed by atoms with Crippen LogP contribution in [0.1, 0.15) is 42.3 Å². The molecule has 0 heterocycles. The van der Waals surface area contributed by atoms with E-state index >= 15 is 0 Å². The standard InChI is InChI=1S/C20H22BrNO3/c1-20(2,3)15-9-7-14(8-10-15)18(23)22-17(19(24)25)12-13-5-4-6-16(21)11-13/h4-11,17H,12H2,1-3H3,(H,22,23)(H,24,25)/t17-/m1/s1. The van der Waals surface area contributed by atoms with E-state index in [0.29, 0.717) is 5.56 Å². The van der Waals surface area contributed by atoms with Crippen LogP contribution in [-0.2, 0) is 16.6 Å². The van der Waals surface area contributed by atoms with E-state index in [9.17, 15) is 14.7 Å². The lowest BCUT2D eigenvalue weighted by molar-refractivity contribution is -0.139. The smallest absolute Gasteiger partial charge is 0.326 e. The Morgan fingerprint density at radius 2 is 1.76 bits per heavy atom. The second-order valence-electron chi connectivity index (χ2n) is 7.03. The SMILES string of the molecule is CC(C)(C)c1ccc(C(=O)N[C@H](Cc2cccc(Br)c2)C(=O)O)cc1. The first-order chi connectivity index (χ1) is 11.7. The molecule has 5 heteroatoms. The van der Waals surface area contributed by atoms with E-state index in [0.717, 1.165) is 15.6 Å². The van der Waals surface area contributed by atoms with Gasteiger partial charge in [0.25, 0.3) is 5.91 Å². The van der Waals surface area contributed by atoms with E-state index in [-0.39, 0.29) is 17.7 Å². The van der Waals surface area contributed by atoms with E-state index in [1.54, 1.807) is 12.1 Å². The van der Waals surface area contributed by atoms with Gasteiger partial charge in [-0.1, -0.05) is 61.0 Å². The zero-order valence-electron chi connectivity index (χ0n) is 14.5. The lowest BCUT2D eigenvalue weighted by atomic mass is 9.86. The Balaban J connectivity index is 2.11. The highest BCUT2D eigenvalue weighted by Crippen LogP contribution is 2.22. The summed E-state index contributed by atoms with van der Waals surface area (Å²) in [6, 6.07) is 13.7. The first-order valence-electron chi connectivity index (χ1n) is 8.05. The summed E-state index contributed by atoms with van der Waals surface area (Å²) >= 11 is 3.36. The number of amides is 1. The van der Waals surface area contributed by atoms with Crippen molar-refractivity contribution in [3.8, 4) is 0 Å². The molecule has 1 amide bonds. The second kappa shape index (κ2) is 7.83. The maximum absolute atomic E-state index is 12.4. The summed E-state index contributed by atoms with van der Waals surface area (Å²) in [4.78, 5) is 23.9. The van der Waals surface area contributed by atoms with E-state index in [2.05, 4.69) is 42.0 Å². The van der Waals surface area contributed by atoms with Gasteiger partial charge >= 0.3 is 5.97 Å². The van der Waals surface area contributed by atoms with E-state index in [4.69, 9.17) is 0 Å². The summed E-state index contributed by atoms with van der Waals surface area (Å²) in [5.41, 5.74) is 2.41. The molecule has 4 nitrogen and oxygen atoms in total. The summed E-state index contributed by atoms with van der Waals surface area (Å²) in [5, 5.41) is 12.0. The van der Waals surface area contributed by atoms with Crippen molar-refractivity contribution in [1.29, 1.82) is 0 Å². The van der Waals surface area contributed by atoms with Crippen molar-refractivity contribution in [3.63, 3.8) is 0 Å². The molecule has 0 saturated heterocycles. The molecule has 0 aliphatic carbocycles. The number of nitrogens with one attached hydrogen (secondary N) is 1. The highest BCUT2D eigenvalue weighted by Gasteiger charge is 2.22. The zero-order chi connectivity index (χ0) is 18.6. The Morgan fingerprint density at radius 1 is 1.12 bits per heavy atom. The lowest BCUT2D eigenvalue weighted by Gasteiger charge is -2.19. The predicted molar refractivity (Wildman–Crippen MR) is 102 cm³/mol. The number of hydrogen-bond donors (Lipinski definition) is 2. The van der Waals surface area contributed by atoms with Gasteiger partial charge in [0.05, 0.1) is 0 Å². The number of carboxylic acids is 1. The number of aliphatic carboxylic acids is 1. The van der Waals surface area contributed by atoms with Crippen LogP contribution in [0.25, 0.3) is 0 Å². The molecule has 2 rings (SSSR count). The van der Waals surface area contributed by atoms with Gasteiger partial charge in [-0.05, 0) is 40.8 Å². The maximum Gasteiger partial charge on any atom is 0.326 e. The largest absolute Gasteiger partial charge is 0.480 e. The predicted octanol–water partition coefficient (Wildman–Crippen LogP) is 4.17. The van der Waals surface area contributed by atoms with Crippen LogP contribution in [0.4, 0.5) is 0 Å². The average molecular weight is 404 g/mol. The topological polar surface area (TPSA) is 66.4 Å². The van der Waals surface area contributed by atoms with Crippen LogP contribution in [0.2, 0.25) is 0 Å². The molecule has 0 unspecified atom stereocenters. The summed E-state index contributed by atoms with van der Waals surface area (Å²) in [7, 11) is 0. The summed E-state index contributed by atoms with van der Waals surface area (Å²) in [5.74, 6) is -1.44. The fourth-order valence-corrected chi connectivity index (χ4v) is 2.91. The van der Waals surface area contributed by atoms with Gasteiger partial charge in [0.2, 0.25) is 0 Å². The molecular weight excluding hydrogens is 382 g/mol. The van der Waals surface area contributed by atoms with Crippen molar-refractivity contribution in [2.24, 2.45) is 0 Å². The number of rotatable bonds is 5. The van der Waals surface area contributed by atoms with Gasteiger partial charge < -0.3 is 10.4 Å². The molecule has 1 atom stereocenters. The van der Waals surface area contributed by atoms with Gasteiger partial charge in [-0.3, -0.25) is 4.79 Å². The van der Waals surface area contributed by atoms with Crippen LogP contribution in [-0.4, -0.2) is 23.0 Å². The molecular formula is C20H22BrNO3. The second-order valence-corrected chi connectivity index (χ2v) is 7.94. The van der Waals surface area contributed by atoms with Crippen molar-refractivity contribution < 1.29 is 14.7 Å². The molecule has 2 aromatic carbocycles. The molecule has 0 spiro atoms. The third-order valence-corrected chi connectivity index (χ3v) is 4.44. The Morgan fingerprint density at radius 3 is 2.28 bits per heavy atom. The number of benzene rings is 2. The minimum atomic E-state index is -1.06. The van der Waals surface area contributed by atoms with E-state index in [1.165, 1.54) is 0 Å². The molecule has 2 N–H and O–H groups in total. The number of halogens is 1. The third-order valence-electron chi connectivity index (χ3n) is 3.95. The van der Waals surface area contributed by atoms with Crippen LogP contribution in [0.5, 0.6) is 0 Å². The van der Waals surface area contributed by atoms with Crippen molar-refractivity contribution in [1.82, 2.24) is 5.32 Å². The zero-order valence-corrected chi connectivity index (χ0v) is 16.1. The van der Waals surface area contributed by atoms with Crippen molar-refractivity contribution >= 4 is 27.8 Å². The van der Waals surface area contributed by atoms with Gasteiger partial charge in [-0.2, -0.15) is 0 Å². The molecule has 0 radical (unpaired) electrons. The highest BCUT2D eigenvalue weighted by molar-refractivity contribution is 9.10. The summed E-state index contributed by atoms with van der Waals surface area (Å²) < 4.78 is 0.873. The van der Waals surface area contributed by atoms with E-state index in [1.807, 2.05) is 36.4 Å². The monoisotopic (exact) mass is 403 g/mol. The minimum Gasteiger partial charge on any atom is -0.480 e. The molecule has 0 fully saturated rings. The van der Waals surface area contributed by atoms with Gasteiger partial charge in [0, 0.05) is 16.5 Å². The number of carbonyl (C=O) groups excluding carboxylic acids is 1. The van der Waals surface area contributed by atoms with Crippen molar-refractivity contribution in [2.75, 3.05) is 0 Å². The first kappa shape index (κ1) is 19.2. The highest BCUT2D eigenvalue weighted by atomic mass is 79.9. The fraction of sp³-hybridized carbons (Fsp3) is 0.300. The van der Waals surface area contributed by atoms with Crippen molar-refractivity contribution in [3.05, 3.63) is 69.7 Å². The lowest BCUT2D eigenvalue weighted by Crippen LogP contribution is -2.42. The Hall–Kier alpha value is -2.14. The van der Waals surface area contributed by atoms with Gasteiger partial charge in [0.15, 0.2) is 0 Å².